The Bertz CT molecular complexity index is 1060. The van der Waals surface area contributed by atoms with Gasteiger partial charge in [0.1, 0.15) is 0 Å². The zero-order chi connectivity index (χ0) is 16.7. The van der Waals surface area contributed by atoms with Gasteiger partial charge in [-0.1, -0.05) is 30.3 Å². The largest absolute Gasteiger partial charge is 0.504 e. The van der Waals surface area contributed by atoms with Crippen LogP contribution in [-0.4, -0.2) is 23.0 Å². The van der Waals surface area contributed by atoms with Crippen molar-refractivity contribution in [2.45, 2.75) is 6.42 Å². The van der Waals surface area contributed by atoms with Crippen molar-refractivity contribution >= 4 is 38.8 Å². The highest BCUT2D eigenvalue weighted by molar-refractivity contribution is 7.10. The average Bonchev–Trinajstić information content (AvgIpc) is 3.18. The summed E-state index contributed by atoms with van der Waals surface area (Å²) in [6.07, 6.45) is 0.194. The van der Waals surface area contributed by atoms with Gasteiger partial charge >= 0.3 is 0 Å². The summed E-state index contributed by atoms with van der Waals surface area (Å²) in [5.41, 5.74) is 1.51. The zero-order valence-corrected chi connectivity index (χ0v) is 13.8. The van der Waals surface area contributed by atoms with Gasteiger partial charge in [0.2, 0.25) is 0 Å². The molecule has 0 aliphatic heterocycles. The van der Waals surface area contributed by atoms with Gasteiger partial charge in [0, 0.05) is 16.3 Å². The van der Waals surface area contributed by atoms with Crippen LogP contribution in [0.25, 0.3) is 21.7 Å². The first-order valence-electron chi connectivity index (χ1n) is 7.54. The highest BCUT2D eigenvalue weighted by atomic mass is 32.1. The number of nitrogens with one attached hydrogen (secondary N) is 1. The number of carbonyl (C=O) groups is 1. The SMILES string of the molecule is COc1c(O)csc1CC(=O)c1cc2c(ccc3ccccc32)[nH]1. The maximum Gasteiger partial charge on any atom is 0.184 e. The molecule has 2 aromatic heterocycles. The number of aromatic amines is 1. The summed E-state index contributed by atoms with van der Waals surface area (Å²) in [4.78, 5) is 16.6. The molecule has 120 valence electrons. The Morgan fingerprint density at radius 2 is 2.04 bits per heavy atom. The number of ether oxygens (including phenoxy) is 1. The van der Waals surface area contributed by atoms with E-state index in [1.807, 2.05) is 30.3 Å². The summed E-state index contributed by atoms with van der Waals surface area (Å²) in [7, 11) is 1.49. The van der Waals surface area contributed by atoms with Crippen LogP contribution in [0.4, 0.5) is 0 Å². The van der Waals surface area contributed by atoms with Crippen molar-refractivity contribution in [1.82, 2.24) is 4.98 Å². The number of carbonyl (C=O) groups excluding carboxylic acids is 1. The van der Waals surface area contributed by atoms with Crippen molar-refractivity contribution in [1.29, 1.82) is 0 Å². The summed E-state index contributed by atoms with van der Waals surface area (Å²) in [6.45, 7) is 0. The van der Waals surface area contributed by atoms with E-state index in [1.165, 1.54) is 18.4 Å². The molecule has 0 bridgehead atoms. The van der Waals surface area contributed by atoms with E-state index >= 15 is 0 Å². The monoisotopic (exact) mass is 337 g/mol. The lowest BCUT2D eigenvalue weighted by Crippen LogP contribution is -2.03. The lowest BCUT2D eigenvalue weighted by molar-refractivity contribution is 0.0989. The van der Waals surface area contributed by atoms with Gasteiger partial charge in [-0.3, -0.25) is 4.79 Å². The molecule has 0 radical (unpaired) electrons. The molecule has 0 fully saturated rings. The third kappa shape index (κ3) is 2.34. The summed E-state index contributed by atoms with van der Waals surface area (Å²) >= 11 is 1.32. The van der Waals surface area contributed by atoms with E-state index in [0.29, 0.717) is 11.4 Å². The second-order valence-corrected chi connectivity index (χ2v) is 6.57. The van der Waals surface area contributed by atoms with Crippen LogP contribution in [0.5, 0.6) is 11.5 Å². The molecule has 2 aromatic carbocycles. The Balaban J connectivity index is 1.73. The van der Waals surface area contributed by atoms with E-state index in [4.69, 9.17) is 4.74 Å². The molecule has 2 N–H and O–H groups in total. The molecule has 0 saturated heterocycles. The number of hydrogen-bond donors (Lipinski definition) is 2. The van der Waals surface area contributed by atoms with Crippen molar-refractivity contribution in [3.05, 3.63) is 58.4 Å². The Labute approximate surface area is 142 Å². The Kier molecular flexibility index (Phi) is 3.50. The molecule has 4 aromatic rings. The second kappa shape index (κ2) is 5.69. The second-order valence-electron chi connectivity index (χ2n) is 5.61. The molecule has 0 aliphatic carbocycles. The number of aromatic hydroxyl groups is 1. The molecule has 5 heteroatoms. The number of benzene rings is 2. The van der Waals surface area contributed by atoms with Gasteiger partial charge in [0.05, 0.1) is 24.1 Å². The van der Waals surface area contributed by atoms with Crippen LogP contribution in [0.1, 0.15) is 15.4 Å². The van der Waals surface area contributed by atoms with Crippen molar-refractivity contribution in [3.8, 4) is 11.5 Å². The number of fused-ring (bicyclic) bond motifs is 3. The number of methoxy groups -OCH3 is 1. The maximum absolute atomic E-state index is 12.6. The summed E-state index contributed by atoms with van der Waals surface area (Å²) in [6, 6.07) is 14.1. The van der Waals surface area contributed by atoms with Crippen LogP contribution in [0.15, 0.2) is 47.8 Å². The van der Waals surface area contributed by atoms with Crippen LogP contribution in [0.2, 0.25) is 0 Å². The minimum absolute atomic E-state index is 0.0320. The molecule has 0 atom stereocenters. The molecule has 0 aliphatic rings. The Hall–Kier alpha value is -2.79. The van der Waals surface area contributed by atoms with Gasteiger partial charge in [0.25, 0.3) is 0 Å². The van der Waals surface area contributed by atoms with Crippen molar-refractivity contribution in [2.24, 2.45) is 0 Å². The van der Waals surface area contributed by atoms with Crippen LogP contribution < -0.4 is 4.74 Å². The highest BCUT2D eigenvalue weighted by Crippen LogP contribution is 2.37. The highest BCUT2D eigenvalue weighted by Gasteiger charge is 2.18. The molecular weight excluding hydrogens is 322 g/mol. The third-order valence-electron chi connectivity index (χ3n) is 4.15. The van der Waals surface area contributed by atoms with Crippen LogP contribution >= 0.6 is 11.3 Å². The Morgan fingerprint density at radius 1 is 1.21 bits per heavy atom. The lowest BCUT2D eigenvalue weighted by atomic mass is 10.1. The van der Waals surface area contributed by atoms with Gasteiger partial charge in [-0.25, -0.2) is 0 Å². The summed E-state index contributed by atoms with van der Waals surface area (Å²) in [5, 5.41) is 14.6. The molecule has 24 heavy (non-hydrogen) atoms. The fourth-order valence-electron chi connectivity index (χ4n) is 2.99. The van der Waals surface area contributed by atoms with E-state index in [0.717, 1.165) is 26.6 Å². The molecule has 0 unspecified atom stereocenters. The lowest BCUT2D eigenvalue weighted by Gasteiger charge is -2.01. The number of H-pyrrole nitrogens is 1. The minimum Gasteiger partial charge on any atom is -0.504 e. The fourth-order valence-corrected chi connectivity index (χ4v) is 3.86. The first kappa shape index (κ1) is 14.8. The van der Waals surface area contributed by atoms with Gasteiger partial charge in [-0.15, -0.1) is 11.3 Å². The maximum atomic E-state index is 12.6. The molecule has 0 saturated carbocycles. The minimum atomic E-state index is -0.0320. The number of thiophene rings is 1. The van der Waals surface area contributed by atoms with E-state index in [2.05, 4.69) is 17.1 Å². The van der Waals surface area contributed by atoms with Crippen LogP contribution in [0.3, 0.4) is 0 Å². The number of hydrogen-bond acceptors (Lipinski definition) is 4. The topological polar surface area (TPSA) is 62.3 Å². The first-order chi connectivity index (χ1) is 11.7. The van der Waals surface area contributed by atoms with Gasteiger partial charge in [-0.2, -0.15) is 0 Å². The van der Waals surface area contributed by atoms with Crippen molar-refractivity contribution in [3.63, 3.8) is 0 Å². The zero-order valence-electron chi connectivity index (χ0n) is 13.0. The van der Waals surface area contributed by atoms with E-state index in [1.54, 1.807) is 5.38 Å². The van der Waals surface area contributed by atoms with E-state index in [9.17, 15) is 9.90 Å². The number of Topliss-reactive ketones (excluding diaryl/α,β-unsaturated/α-hetero) is 1. The number of ketones is 1. The average molecular weight is 337 g/mol. The predicted molar refractivity (Wildman–Crippen MR) is 96.4 cm³/mol. The van der Waals surface area contributed by atoms with Gasteiger partial charge in [-0.05, 0) is 22.9 Å². The molecule has 0 amide bonds. The predicted octanol–water partition coefficient (Wildman–Crippen LogP) is 4.52. The molecule has 4 nitrogen and oxygen atoms in total. The standard InChI is InChI=1S/C19H15NO3S/c1-23-19-17(22)10-24-18(19)9-16(21)15-8-13-12-5-3-2-4-11(12)6-7-14(13)20-15/h2-8,10,20,22H,9H2,1H3. The smallest absolute Gasteiger partial charge is 0.184 e. The normalized spacial score (nSPS) is 11.2. The third-order valence-corrected chi connectivity index (χ3v) is 5.11. The summed E-state index contributed by atoms with van der Waals surface area (Å²) in [5.74, 6) is 0.429. The van der Waals surface area contributed by atoms with Gasteiger partial charge < -0.3 is 14.8 Å². The molecule has 4 rings (SSSR count). The molecule has 0 spiro atoms. The van der Waals surface area contributed by atoms with E-state index in [-0.39, 0.29) is 18.0 Å². The Morgan fingerprint density at radius 3 is 2.88 bits per heavy atom. The van der Waals surface area contributed by atoms with Crippen LogP contribution in [-0.2, 0) is 6.42 Å². The van der Waals surface area contributed by atoms with Crippen molar-refractivity contribution in [2.75, 3.05) is 7.11 Å². The quantitative estimate of drug-likeness (QED) is 0.538. The first-order valence-corrected chi connectivity index (χ1v) is 8.42. The molecular formula is C19H15NO3S. The van der Waals surface area contributed by atoms with Crippen molar-refractivity contribution < 1.29 is 14.6 Å². The van der Waals surface area contributed by atoms with E-state index < -0.39 is 0 Å². The fraction of sp³-hybridized carbons (Fsp3) is 0.105. The summed E-state index contributed by atoms with van der Waals surface area (Å²) < 4.78 is 5.17. The number of aromatic nitrogens is 1. The molecule has 2 heterocycles. The van der Waals surface area contributed by atoms with Crippen LogP contribution in [0, 0.1) is 0 Å². The van der Waals surface area contributed by atoms with Gasteiger partial charge in [0.15, 0.2) is 17.3 Å². The number of rotatable bonds is 4.